The van der Waals surface area contributed by atoms with Crippen LogP contribution in [0.2, 0.25) is 0 Å². The lowest BCUT2D eigenvalue weighted by Gasteiger charge is -2.32. The molecular weight excluding hydrogens is 326 g/mol. The fourth-order valence-corrected chi connectivity index (χ4v) is 4.17. The molecule has 7 heteroatoms. The molecule has 1 fully saturated rings. The Hall–Kier alpha value is -1.60. The van der Waals surface area contributed by atoms with Crippen LogP contribution >= 0.6 is 11.8 Å². The van der Waals surface area contributed by atoms with Crippen LogP contribution in [0.3, 0.4) is 0 Å². The van der Waals surface area contributed by atoms with Crippen LogP contribution in [-0.4, -0.2) is 47.8 Å². The number of hydrogen-bond donors (Lipinski definition) is 1. The van der Waals surface area contributed by atoms with Gasteiger partial charge in [-0.1, -0.05) is 18.7 Å². The SMILES string of the molecule is CCCN1C(=O)[C@@H](CC(=O)NC[C@H]2CCCO2)Sc2ncccc21. The third kappa shape index (κ3) is 3.89. The van der Waals surface area contributed by atoms with Crippen molar-refractivity contribution >= 4 is 29.3 Å². The molecule has 0 bridgehead atoms. The lowest BCUT2D eigenvalue weighted by atomic mass is 10.2. The minimum absolute atomic E-state index is 0.00498. The van der Waals surface area contributed by atoms with Gasteiger partial charge in [-0.3, -0.25) is 9.59 Å². The van der Waals surface area contributed by atoms with Crippen molar-refractivity contribution in [3.8, 4) is 0 Å². The van der Waals surface area contributed by atoms with Crippen molar-refractivity contribution in [1.29, 1.82) is 0 Å². The number of amides is 2. The topological polar surface area (TPSA) is 71.5 Å². The third-order valence-electron chi connectivity index (χ3n) is 4.21. The highest BCUT2D eigenvalue weighted by Gasteiger charge is 2.35. The van der Waals surface area contributed by atoms with Gasteiger partial charge in [-0.2, -0.15) is 0 Å². The summed E-state index contributed by atoms with van der Waals surface area (Å²) in [6.07, 6.45) is 4.91. The first-order valence-electron chi connectivity index (χ1n) is 8.50. The summed E-state index contributed by atoms with van der Waals surface area (Å²) < 4.78 is 5.50. The largest absolute Gasteiger partial charge is 0.376 e. The molecule has 2 aliphatic rings. The first-order chi connectivity index (χ1) is 11.7. The minimum atomic E-state index is -0.413. The number of rotatable bonds is 6. The normalized spacial score (nSPS) is 23.2. The zero-order valence-corrected chi connectivity index (χ0v) is 14.7. The van der Waals surface area contributed by atoms with Crippen molar-refractivity contribution in [1.82, 2.24) is 10.3 Å². The molecule has 3 rings (SSSR count). The summed E-state index contributed by atoms with van der Waals surface area (Å²) in [7, 11) is 0. The van der Waals surface area contributed by atoms with Gasteiger partial charge in [0.2, 0.25) is 11.8 Å². The molecule has 0 aromatic carbocycles. The van der Waals surface area contributed by atoms with E-state index in [-0.39, 0.29) is 24.3 Å². The molecule has 1 aromatic heterocycles. The predicted octanol–water partition coefficient (Wildman–Crippen LogP) is 1.98. The molecule has 1 aromatic rings. The van der Waals surface area contributed by atoms with Crippen molar-refractivity contribution < 1.29 is 14.3 Å². The van der Waals surface area contributed by atoms with Gasteiger partial charge in [0.15, 0.2) is 0 Å². The fourth-order valence-electron chi connectivity index (χ4n) is 3.01. The second kappa shape index (κ2) is 7.98. The van der Waals surface area contributed by atoms with Crippen LogP contribution in [0.1, 0.15) is 32.6 Å². The summed E-state index contributed by atoms with van der Waals surface area (Å²) in [5.41, 5.74) is 0.852. The Morgan fingerprint density at radius 3 is 3.17 bits per heavy atom. The van der Waals surface area contributed by atoms with Crippen LogP contribution in [0.25, 0.3) is 0 Å². The van der Waals surface area contributed by atoms with Crippen molar-refractivity contribution in [3.63, 3.8) is 0 Å². The van der Waals surface area contributed by atoms with Crippen LogP contribution in [0.4, 0.5) is 5.69 Å². The van der Waals surface area contributed by atoms with Gasteiger partial charge in [0.1, 0.15) is 5.03 Å². The molecule has 0 radical (unpaired) electrons. The van der Waals surface area contributed by atoms with Crippen molar-refractivity contribution in [2.45, 2.75) is 49.0 Å². The molecule has 2 amide bonds. The molecule has 130 valence electrons. The van der Waals surface area contributed by atoms with Crippen LogP contribution in [-0.2, 0) is 14.3 Å². The van der Waals surface area contributed by atoms with Crippen molar-refractivity contribution in [2.24, 2.45) is 0 Å². The molecule has 0 aliphatic carbocycles. The number of anilines is 1. The monoisotopic (exact) mass is 349 g/mol. The maximum absolute atomic E-state index is 12.7. The highest BCUT2D eigenvalue weighted by molar-refractivity contribution is 8.00. The number of carbonyl (C=O) groups excluding carboxylic acids is 2. The molecule has 0 unspecified atom stereocenters. The molecule has 0 spiro atoms. The summed E-state index contributed by atoms with van der Waals surface area (Å²) in [6, 6.07) is 3.75. The quantitative estimate of drug-likeness (QED) is 0.850. The number of carbonyl (C=O) groups is 2. The molecule has 3 heterocycles. The molecule has 0 saturated carbocycles. The Morgan fingerprint density at radius 1 is 1.54 bits per heavy atom. The lowest BCUT2D eigenvalue weighted by molar-refractivity contribution is -0.125. The van der Waals surface area contributed by atoms with Gasteiger partial charge < -0.3 is 15.0 Å². The van der Waals surface area contributed by atoms with Crippen LogP contribution in [0, 0.1) is 0 Å². The van der Waals surface area contributed by atoms with Gasteiger partial charge in [-0.15, -0.1) is 0 Å². The van der Waals surface area contributed by atoms with E-state index in [9.17, 15) is 9.59 Å². The molecule has 24 heavy (non-hydrogen) atoms. The summed E-state index contributed by atoms with van der Waals surface area (Å²) in [6.45, 7) is 3.98. The Kier molecular flexibility index (Phi) is 5.73. The van der Waals surface area contributed by atoms with E-state index in [1.807, 2.05) is 19.1 Å². The van der Waals surface area contributed by atoms with E-state index in [0.29, 0.717) is 13.1 Å². The number of aromatic nitrogens is 1. The zero-order chi connectivity index (χ0) is 16.9. The fraction of sp³-hybridized carbons (Fsp3) is 0.588. The Morgan fingerprint density at radius 2 is 2.42 bits per heavy atom. The second-order valence-electron chi connectivity index (χ2n) is 6.07. The van der Waals surface area contributed by atoms with Gasteiger partial charge in [-0.05, 0) is 31.4 Å². The molecule has 6 nitrogen and oxygen atoms in total. The Labute approximate surface area is 146 Å². The molecular formula is C17H23N3O3S. The van der Waals surface area contributed by atoms with Gasteiger partial charge in [-0.25, -0.2) is 4.98 Å². The number of thioether (sulfide) groups is 1. The zero-order valence-electron chi connectivity index (χ0n) is 13.9. The van der Waals surface area contributed by atoms with Gasteiger partial charge in [0.25, 0.3) is 0 Å². The molecule has 1 saturated heterocycles. The van der Waals surface area contributed by atoms with Crippen LogP contribution in [0.5, 0.6) is 0 Å². The number of ether oxygens (including phenoxy) is 1. The predicted molar refractivity (Wildman–Crippen MR) is 93.1 cm³/mol. The van der Waals surface area contributed by atoms with E-state index < -0.39 is 5.25 Å². The summed E-state index contributed by atoms with van der Waals surface area (Å²) in [4.78, 5) is 31.1. The van der Waals surface area contributed by atoms with Crippen molar-refractivity contribution in [3.05, 3.63) is 18.3 Å². The number of nitrogens with one attached hydrogen (secondary N) is 1. The maximum atomic E-state index is 12.7. The van der Waals surface area contributed by atoms with Crippen molar-refractivity contribution in [2.75, 3.05) is 24.6 Å². The first-order valence-corrected chi connectivity index (χ1v) is 9.38. The average Bonchev–Trinajstić information content (AvgIpc) is 3.10. The van der Waals surface area contributed by atoms with Gasteiger partial charge in [0, 0.05) is 32.3 Å². The van der Waals surface area contributed by atoms with Gasteiger partial charge >= 0.3 is 0 Å². The van der Waals surface area contributed by atoms with Crippen LogP contribution < -0.4 is 10.2 Å². The van der Waals surface area contributed by atoms with Crippen LogP contribution in [0.15, 0.2) is 23.4 Å². The molecule has 2 aliphatic heterocycles. The number of pyridine rings is 1. The Balaban J connectivity index is 1.63. The van der Waals surface area contributed by atoms with E-state index in [1.54, 1.807) is 11.1 Å². The summed E-state index contributed by atoms with van der Waals surface area (Å²) >= 11 is 1.39. The van der Waals surface area contributed by atoms with E-state index in [1.165, 1.54) is 11.8 Å². The maximum Gasteiger partial charge on any atom is 0.241 e. The smallest absolute Gasteiger partial charge is 0.241 e. The highest BCUT2D eigenvalue weighted by Crippen LogP contribution is 2.38. The highest BCUT2D eigenvalue weighted by atomic mass is 32.2. The van der Waals surface area contributed by atoms with E-state index in [0.717, 1.165) is 36.6 Å². The number of nitrogens with zero attached hydrogens (tertiary/aromatic N) is 2. The minimum Gasteiger partial charge on any atom is -0.376 e. The third-order valence-corrected chi connectivity index (χ3v) is 5.40. The standard InChI is InChI=1S/C17H23N3O3S/c1-2-8-20-13-6-3-7-18-16(13)24-14(17(20)22)10-15(21)19-11-12-5-4-9-23-12/h3,6-7,12,14H,2,4-5,8-11H2,1H3,(H,19,21)/t12-,14-/m1/s1. The summed E-state index contributed by atoms with van der Waals surface area (Å²) in [5.74, 6) is -0.109. The molecule has 1 N–H and O–H groups in total. The van der Waals surface area contributed by atoms with E-state index >= 15 is 0 Å². The van der Waals surface area contributed by atoms with E-state index in [4.69, 9.17) is 4.74 Å². The summed E-state index contributed by atoms with van der Waals surface area (Å²) in [5, 5.41) is 3.30. The Bertz CT molecular complexity index is 604. The first kappa shape index (κ1) is 17.2. The van der Waals surface area contributed by atoms with Gasteiger partial charge in [0.05, 0.1) is 17.0 Å². The molecule has 2 atom stereocenters. The number of fused-ring (bicyclic) bond motifs is 1. The van der Waals surface area contributed by atoms with E-state index in [2.05, 4.69) is 10.3 Å². The second-order valence-corrected chi connectivity index (χ2v) is 7.26. The number of hydrogen-bond acceptors (Lipinski definition) is 5. The lowest BCUT2D eigenvalue weighted by Crippen LogP contribution is -2.44. The average molecular weight is 349 g/mol.